The van der Waals surface area contributed by atoms with Crippen LogP contribution in [0, 0.1) is 37.5 Å². The Bertz CT molecular complexity index is 826. The molecular weight excluding hydrogens is 312 g/mol. The van der Waals surface area contributed by atoms with E-state index in [1.54, 1.807) is 11.1 Å². The molecule has 0 saturated carbocycles. The molecule has 0 spiro atoms. The summed E-state index contributed by atoms with van der Waals surface area (Å²) < 4.78 is 0. The second-order valence-electron chi connectivity index (χ2n) is 10.5. The van der Waals surface area contributed by atoms with Crippen molar-refractivity contribution >= 4 is 0 Å². The fourth-order valence-corrected chi connectivity index (χ4v) is 5.65. The lowest BCUT2D eigenvalue weighted by atomic mass is 9.50. The third kappa shape index (κ3) is 2.56. The summed E-state index contributed by atoms with van der Waals surface area (Å²) in [5.41, 5.74) is 9.35. The molecule has 0 aliphatic heterocycles. The predicted octanol–water partition coefficient (Wildman–Crippen LogP) is 7.16. The van der Waals surface area contributed by atoms with Crippen molar-refractivity contribution in [3.05, 3.63) is 69.8 Å². The highest BCUT2D eigenvalue weighted by molar-refractivity contribution is 5.56. The minimum atomic E-state index is 0.0321. The lowest BCUT2D eigenvalue weighted by molar-refractivity contribution is 0.0775. The zero-order valence-corrected chi connectivity index (χ0v) is 18.2. The summed E-state index contributed by atoms with van der Waals surface area (Å²) in [6.07, 6.45) is 1.17. The molecule has 0 fully saturated rings. The topological polar surface area (TPSA) is 0 Å². The van der Waals surface area contributed by atoms with Crippen LogP contribution < -0.4 is 0 Å². The van der Waals surface area contributed by atoms with Gasteiger partial charge in [0.25, 0.3) is 0 Å². The van der Waals surface area contributed by atoms with Crippen LogP contribution in [0.3, 0.4) is 0 Å². The average molecular weight is 349 g/mol. The molecule has 2 aromatic carbocycles. The van der Waals surface area contributed by atoms with Crippen LogP contribution in [0.5, 0.6) is 0 Å². The molecule has 0 N–H and O–H groups in total. The van der Waals surface area contributed by atoms with E-state index in [0.717, 1.165) is 0 Å². The fraction of sp³-hybridized carbons (Fsp3) is 0.538. The van der Waals surface area contributed by atoms with Crippen molar-refractivity contribution in [1.29, 1.82) is 0 Å². The third-order valence-corrected chi connectivity index (χ3v) is 7.10. The lowest BCUT2D eigenvalue weighted by Gasteiger charge is -2.53. The minimum absolute atomic E-state index is 0.0321. The zero-order valence-electron chi connectivity index (χ0n) is 18.2. The van der Waals surface area contributed by atoms with Crippen LogP contribution >= 0.6 is 0 Å². The highest BCUT2D eigenvalue weighted by Crippen LogP contribution is 2.62. The summed E-state index contributed by atoms with van der Waals surface area (Å²) in [4.78, 5) is 0. The zero-order chi connectivity index (χ0) is 19.5. The maximum atomic E-state index is 2.45. The Hall–Kier alpha value is -1.56. The van der Waals surface area contributed by atoms with Crippen LogP contribution in [0.2, 0.25) is 0 Å². The molecule has 0 radical (unpaired) electrons. The van der Waals surface area contributed by atoms with E-state index in [1.165, 1.54) is 28.7 Å². The van der Waals surface area contributed by atoms with Crippen LogP contribution in [-0.2, 0) is 11.8 Å². The molecule has 3 rings (SSSR count). The highest BCUT2D eigenvalue weighted by Gasteiger charge is 2.58. The first-order valence-corrected chi connectivity index (χ1v) is 10.1. The van der Waals surface area contributed by atoms with Crippen molar-refractivity contribution in [1.82, 2.24) is 0 Å². The second-order valence-corrected chi connectivity index (χ2v) is 10.5. The molecule has 2 aromatic rings. The van der Waals surface area contributed by atoms with E-state index in [0.29, 0.717) is 5.92 Å². The van der Waals surface area contributed by atoms with Crippen LogP contribution in [0.4, 0.5) is 0 Å². The van der Waals surface area contributed by atoms with E-state index < -0.39 is 0 Å². The molecule has 0 saturated heterocycles. The van der Waals surface area contributed by atoms with Crippen LogP contribution in [0.25, 0.3) is 0 Å². The van der Waals surface area contributed by atoms with Gasteiger partial charge in [-0.25, -0.2) is 0 Å². The summed E-state index contributed by atoms with van der Waals surface area (Å²) in [5, 5.41) is 0. The van der Waals surface area contributed by atoms with Crippen molar-refractivity contribution in [3.63, 3.8) is 0 Å². The first kappa shape index (κ1) is 19.2. The van der Waals surface area contributed by atoms with E-state index in [-0.39, 0.29) is 16.2 Å². The van der Waals surface area contributed by atoms with Crippen LogP contribution in [-0.4, -0.2) is 0 Å². The first-order chi connectivity index (χ1) is 11.9. The first-order valence-electron chi connectivity index (χ1n) is 10.1. The Kier molecular flexibility index (Phi) is 4.42. The Balaban J connectivity index is 2.47. The molecule has 2 atom stereocenters. The molecule has 0 heteroatoms. The average Bonchev–Trinajstić information content (AvgIpc) is 2.89. The molecular formula is C26H36. The van der Waals surface area contributed by atoms with E-state index in [1.807, 2.05) is 0 Å². The molecule has 140 valence electrons. The highest BCUT2D eigenvalue weighted by atomic mass is 14.6. The van der Waals surface area contributed by atoms with E-state index in [4.69, 9.17) is 0 Å². The second kappa shape index (κ2) is 5.98. The maximum Gasteiger partial charge on any atom is 0.0292 e. The number of hydrogen-bond donors (Lipinski definition) is 0. The van der Waals surface area contributed by atoms with Crippen LogP contribution in [0.1, 0.15) is 74.9 Å². The van der Waals surface area contributed by atoms with Crippen molar-refractivity contribution in [2.24, 2.45) is 16.7 Å². The third-order valence-electron chi connectivity index (χ3n) is 7.10. The van der Waals surface area contributed by atoms with E-state index >= 15 is 0 Å². The van der Waals surface area contributed by atoms with Gasteiger partial charge in [0.15, 0.2) is 0 Å². The Morgan fingerprint density at radius 3 is 1.96 bits per heavy atom. The van der Waals surface area contributed by atoms with Crippen molar-refractivity contribution in [2.45, 2.75) is 74.1 Å². The number of benzene rings is 2. The predicted molar refractivity (Wildman–Crippen MR) is 114 cm³/mol. The van der Waals surface area contributed by atoms with Gasteiger partial charge in [-0.15, -0.1) is 0 Å². The van der Waals surface area contributed by atoms with Gasteiger partial charge < -0.3 is 0 Å². The normalized spacial score (nSPS) is 23.2. The monoisotopic (exact) mass is 348 g/mol. The fourth-order valence-electron chi connectivity index (χ4n) is 5.65. The molecule has 1 aliphatic rings. The van der Waals surface area contributed by atoms with Gasteiger partial charge >= 0.3 is 0 Å². The Morgan fingerprint density at radius 2 is 1.38 bits per heavy atom. The van der Waals surface area contributed by atoms with E-state index in [9.17, 15) is 0 Å². The summed E-state index contributed by atoms with van der Waals surface area (Å²) >= 11 is 0. The molecule has 0 heterocycles. The summed E-state index contributed by atoms with van der Waals surface area (Å²) in [6, 6.07) is 14.0. The molecule has 0 bridgehead atoms. The van der Waals surface area contributed by atoms with Crippen LogP contribution in [0.15, 0.2) is 36.4 Å². The van der Waals surface area contributed by atoms with Crippen molar-refractivity contribution in [2.75, 3.05) is 0 Å². The summed E-state index contributed by atoms with van der Waals surface area (Å²) in [6.45, 7) is 21.5. The molecule has 0 nitrogen and oxygen atoms in total. The number of aryl methyl sites for hydroxylation is 1. The standard InChI is InChI=1S/C26H36/c1-17-14-15-21(19(3)18(17)2)26(25(7,8)9)22-13-11-10-12-20(22)16-23(26)24(4,5)6/h10-15,23H,16H2,1-9H3. The minimum Gasteiger partial charge on any atom is -0.0620 e. The lowest BCUT2D eigenvalue weighted by Crippen LogP contribution is -2.50. The molecule has 26 heavy (non-hydrogen) atoms. The molecule has 0 aromatic heterocycles. The van der Waals surface area contributed by atoms with Gasteiger partial charge in [-0.05, 0) is 77.3 Å². The van der Waals surface area contributed by atoms with Crippen molar-refractivity contribution in [3.8, 4) is 0 Å². The van der Waals surface area contributed by atoms with Crippen molar-refractivity contribution < 1.29 is 0 Å². The number of fused-ring (bicyclic) bond motifs is 1. The number of rotatable bonds is 1. The maximum absolute atomic E-state index is 2.45. The quantitative estimate of drug-likeness (QED) is 0.513. The Morgan fingerprint density at radius 1 is 0.769 bits per heavy atom. The molecule has 0 amide bonds. The Labute approximate surface area is 161 Å². The SMILES string of the molecule is Cc1ccc(C2(C(C)(C)C)c3ccccc3CC2C(C)(C)C)c(C)c1C. The van der Waals surface area contributed by atoms with Gasteiger partial charge in [0.1, 0.15) is 0 Å². The smallest absolute Gasteiger partial charge is 0.0292 e. The number of hydrogen-bond acceptors (Lipinski definition) is 0. The van der Waals surface area contributed by atoms with Gasteiger partial charge in [0, 0.05) is 5.41 Å². The van der Waals surface area contributed by atoms with E-state index in [2.05, 4.69) is 98.7 Å². The van der Waals surface area contributed by atoms with Gasteiger partial charge in [-0.2, -0.15) is 0 Å². The van der Waals surface area contributed by atoms with Gasteiger partial charge in [0.05, 0.1) is 0 Å². The molecule has 1 aliphatic carbocycles. The summed E-state index contributed by atoms with van der Waals surface area (Å²) in [5.74, 6) is 0.577. The van der Waals surface area contributed by atoms with Gasteiger partial charge in [-0.1, -0.05) is 77.9 Å². The van der Waals surface area contributed by atoms with Gasteiger partial charge in [-0.3, -0.25) is 0 Å². The largest absolute Gasteiger partial charge is 0.0620 e. The summed E-state index contributed by atoms with van der Waals surface area (Å²) in [7, 11) is 0. The van der Waals surface area contributed by atoms with Gasteiger partial charge in [0.2, 0.25) is 0 Å². The molecule has 2 unspecified atom stereocenters.